The second kappa shape index (κ2) is 8.14. The van der Waals surface area contributed by atoms with Crippen molar-refractivity contribution >= 4 is 17.5 Å². The van der Waals surface area contributed by atoms with Gasteiger partial charge in [-0.3, -0.25) is 9.59 Å². The number of hydrogen-bond donors (Lipinski definition) is 1. The van der Waals surface area contributed by atoms with Crippen molar-refractivity contribution in [3.05, 3.63) is 47.0 Å². The number of rotatable bonds is 4. The smallest absolute Gasteiger partial charge is 0.291 e. The number of morpholine rings is 1. The summed E-state index contributed by atoms with van der Waals surface area (Å²) in [6, 6.07) is 7.81. The molecule has 1 aromatic carbocycles. The van der Waals surface area contributed by atoms with Gasteiger partial charge in [0.15, 0.2) is 5.82 Å². The molecule has 0 unspecified atom stereocenters. The monoisotopic (exact) mass is 382 g/mol. The molecule has 28 heavy (non-hydrogen) atoms. The number of nitrogens with zero attached hydrogens (tertiary/aromatic N) is 3. The molecular weight excluding hydrogens is 356 g/mol. The van der Waals surface area contributed by atoms with E-state index in [0.29, 0.717) is 37.8 Å². The molecule has 0 atom stereocenters. The Morgan fingerprint density at radius 2 is 1.86 bits per heavy atom. The fourth-order valence-electron chi connectivity index (χ4n) is 3.81. The summed E-state index contributed by atoms with van der Waals surface area (Å²) >= 11 is 0. The van der Waals surface area contributed by atoms with E-state index in [1.165, 1.54) is 5.56 Å². The third-order valence-corrected chi connectivity index (χ3v) is 5.44. The maximum Gasteiger partial charge on any atom is 0.291 e. The highest BCUT2D eigenvalue weighted by molar-refractivity contribution is 6.03. The van der Waals surface area contributed by atoms with E-state index in [9.17, 15) is 9.59 Å². The van der Waals surface area contributed by atoms with Crippen molar-refractivity contribution in [2.45, 2.75) is 39.2 Å². The van der Waals surface area contributed by atoms with Crippen LogP contribution in [0, 0.1) is 0 Å². The molecule has 2 aromatic rings. The van der Waals surface area contributed by atoms with E-state index in [4.69, 9.17) is 4.74 Å². The zero-order valence-electron chi connectivity index (χ0n) is 16.2. The molecule has 1 fully saturated rings. The van der Waals surface area contributed by atoms with E-state index < -0.39 is 0 Å². The van der Waals surface area contributed by atoms with Crippen molar-refractivity contribution in [3.63, 3.8) is 0 Å². The zero-order valence-corrected chi connectivity index (χ0v) is 16.2. The van der Waals surface area contributed by atoms with Gasteiger partial charge in [-0.05, 0) is 43.4 Å². The van der Waals surface area contributed by atoms with Gasteiger partial charge in [-0.2, -0.15) is 0 Å². The number of carbonyl (C=O) groups excluding carboxylic acids is 2. The molecule has 0 radical (unpaired) electrons. The lowest BCUT2D eigenvalue weighted by Gasteiger charge is -2.26. The minimum absolute atomic E-state index is 0.0969. The van der Waals surface area contributed by atoms with Crippen LogP contribution in [0.3, 0.4) is 0 Å². The van der Waals surface area contributed by atoms with Crippen LogP contribution in [0.25, 0.3) is 0 Å². The summed E-state index contributed by atoms with van der Waals surface area (Å²) in [5.74, 6) is -0.0420. The number of imidazole rings is 1. The van der Waals surface area contributed by atoms with Crippen LogP contribution in [0.5, 0.6) is 0 Å². The predicted molar refractivity (Wildman–Crippen MR) is 106 cm³/mol. The Balaban J connectivity index is 1.60. The number of aromatic nitrogens is 2. The van der Waals surface area contributed by atoms with Crippen LogP contribution < -0.4 is 5.32 Å². The minimum atomic E-state index is -0.270. The Morgan fingerprint density at radius 3 is 2.57 bits per heavy atom. The first-order valence-corrected chi connectivity index (χ1v) is 10.0. The first-order chi connectivity index (χ1) is 13.7. The van der Waals surface area contributed by atoms with Gasteiger partial charge in [-0.25, -0.2) is 4.98 Å². The number of fused-ring (bicyclic) bond motifs is 1. The first-order valence-electron chi connectivity index (χ1n) is 10.0. The zero-order chi connectivity index (χ0) is 19.5. The van der Waals surface area contributed by atoms with Crippen molar-refractivity contribution in [3.8, 4) is 0 Å². The van der Waals surface area contributed by atoms with E-state index >= 15 is 0 Å². The van der Waals surface area contributed by atoms with Crippen molar-refractivity contribution in [2.24, 2.45) is 0 Å². The lowest BCUT2D eigenvalue weighted by atomic mass is 10.1. The van der Waals surface area contributed by atoms with Gasteiger partial charge < -0.3 is 19.5 Å². The number of carbonyl (C=O) groups is 2. The van der Waals surface area contributed by atoms with E-state index in [1.54, 1.807) is 4.90 Å². The number of aryl methyl sites for hydroxylation is 1. The molecule has 1 N–H and O–H groups in total. The lowest BCUT2D eigenvalue weighted by molar-refractivity contribution is 0.0298. The van der Waals surface area contributed by atoms with Gasteiger partial charge in [0, 0.05) is 25.3 Å². The van der Waals surface area contributed by atoms with Crippen molar-refractivity contribution in [1.29, 1.82) is 0 Å². The van der Waals surface area contributed by atoms with Crippen molar-refractivity contribution in [2.75, 3.05) is 31.6 Å². The van der Waals surface area contributed by atoms with Gasteiger partial charge in [0.25, 0.3) is 11.8 Å². The Labute approximate surface area is 164 Å². The Hall–Kier alpha value is -2.67. The molecule has 1 aromatic heterocycles. The van der Waals surface area contributed by atoms with Crippen LogP contribution in [-0.4, -0.2) is 52.6 Å². The molecule has 0 spiro atoms. The second-order valence-electron chi connectivity index (χ2n) is 7.25. The van der Waals surface area contributed by atoms with Gasteiger partial charge in [0.2, 0.25) is 0 Å². The molecule has 0 saturated carbocycles. The second-order valence-corrected chi connectivity index (χ2v) is 7.25. The third kappa shape index (κ3) is 3.67. The van der Waals surface area contributed by atoms with Crippen molar-refractivity contribution < 1.29 is 14.3 Å². The normalized spacial score (nSPS) is 16.5. The van der Waals surface area contributed by atoms with Gasteiger partial charge in [0.1, 0.15) is 5.69 Å². The molecule has 2 aliphatic heterocycles. The fraction of sp³-hybridized carbons (Fsp3) is 0.476. The molecule has 7 heteroatoms. The Bertz CT molecular complexity index is 867. The van der Waals surface area contributed by atoms with Crippen molar-refractivity contribution in [1.82, 2.24) is 14.5 Å². The predicted octanol–water partition coefficient (Wildman–Crippen LogP) is 2.51. The fourth-order valence-corrected chi connectivity index (χ4v) is 3.81. The third-order valence-electron chi connectivity index (χ3n) is 5.44. The highest BCUT2D eigenvalue weighted by atomic mass is 16.5. The van der Waals surface area contributed by atoms with Crippen LogP contribution in [0.1, 0.15) is 52.1 Å². The quantitative estimate of drug-likeness (QED) is 0.882. The maximum atomic E-state index is 13.0. The number of ether oxygens (including phenoxy) is 1. The van der Waals surface area contributed by atoms with Gasteiger partial charge >= 0.3 is 0 Å². The van der Waals surface area contributed by atoms with Gasteiger partial charge in [0.05, 0.1) is 18.9 Å². The van der Waals surface area contributed by atoms with E-state index in [2.05, 4.69) is 17.2 Å². The average Bonchev–Trinajstić information content (AvgIpc) is 3.14. The summed E-state index contributed by atoms with van der Waals surface area (Å²) in [6.45, 7) is 5.03. The lowest BCUT2D eigenvalue weighted by Crippen LogP contribution is -2.41. The summed E-state index contributed by atoms with van der Waals surface area (Å²) in [5.41, 5.74) is 3.26. The molecular formula is C21H26N4O3. The SMILES string of the molecule is CCc1ccc(NC(=O)c2nc(C(=O)N3CCOCC3)c3n2CCCC3)cc1. The number of amides is 2. The van der Waals surface area contributed by atoms with Crippen LogP contribution in [0.15, 0.2) is 24.3 Å². The number of anilines is 1. The van der Waals surface area contributed by atoms with Crippen LogP contribution in [-0.2, 0) is 24.1 Å². The Morgan fingerprint density at radius 1 is 1.11 bits per heavy atom. The van der Waals surface area contributed by atoms with E-state index in [-0.39, 0.29) is 11.8 Å². The largest absolute Gasteiger partial charge is 0.378 e. The summed E-state index contributed by atoms with van der Waals surface area (Å²) in [4.78, 5) is 32.2. The average molecular weight is 382 g/mol. The van der Waals surface area contributed by atoms with E-state index in [0.717, 1.165) is 43.6 Å². The topological polar surface area (TPSA) is 76.5 Å². The molecule has 3 heterocycles. The number of benzene rings is 1. The molecule has 2 amide bonds. The van der Waals surface area contributed by atoms with E-state index in [1.807, 2.05) is 28.8 Å². The highest BCUT2D eigenvalue weighted by Crippen LogP contribution is 2.23. The molecule has 7 nitrogen and oxygen atoms in total. The number of hydrogen-bond acceptors (Lipinski definition) is 4. The summed E-state index contributed by atoms with van der Waals surface area (Å²) in [6.07, 6.45) is 3.72. The summed E-state index contributed by atoms with van der Waals surface area (Å²) < 4.78 is 7.26. The molecule has 4 rings (SSSR count). The molecule has 148 valence electrons. The molecule has 0 aliphatic carbocycles. The summed E-state index contributed by atoms with van der Waals surface area (Å²) in [5, 5.41) is 2.92. The minimum Gasteiger partial charge on any atom is -0.378 e. The standard InChI is InChI=1S/C21H26N4O3/c1-2-15-6-8-16(9-7-15)22-20(26)19-23-18(17-5-3-4-10-25(17)19)21(27)24-11-13-28-14-12-24/h6-9H,2-5,10-14H2,1H3,(H,22,26). The van der Waals surface area contributed by atoms with Gasteiger partial charge in [-0.15, -0.1) is 0 Å². The molecule has 1 saturated heterocycles. The summed E-state index contributed by atoms with van der Waals surface area (Å²) in [7, 11) is 0. The molecule has 0 bridgehead atoms. The maximum absolute atomic E-state index is 13.0. The number of nitrogens with one attached hydrogen (secondary N) is 1. The van der Waals surface area contributed by atoms with Crippen LogP contribution in [0.4, 0.5) is 5.69 Å². The highest BCUT2D eigenvalue weighted by Gasteiger charge is 2.30. The van der Waals surface area contributed by atoms with Crippen LogP contribution >= 0.6 is 0 Å². The molecule has 2 aliphatic rings. The van der Waals surface area contributed by atoms with Gasteiger partial charge in [-0.1, -0.05) is 19.1 Å². The first kappa shape index (κ1) is 18.7. The Kier molecular flexibility index (Phi) is 5.43. The van der Waals surface area contributed by atoms with Crippen LogP contribution in [0.2, 0.25) is 0 Å².